The van der Waals surface area contributed by atoms with Gasteiger partial charge in [-0.3, -0.25) is 0 Å². The van der Waals surface area contributed by atoms with Crippen molar-refractivity contribution in [3.8, 4) is 0 Å². The van der Waals surface area contributed by atoms with Gasteiger partial charge in [0.2, 0.25) is 0 Å². The van der Waals surface area contributed by atoms with Crippen LogP contribution in [0.2, 0.25) is 13.3 Å². The van der Waals surface area contributed by atoms with Crippen molar-refractivity contribution in [2.75, 3.05) is 0 Å². The summed E-state index contributed by atoms with van der Waals surface area (Å²) >= 11 is -3.36. The summed E-state index contributed by atoms with van der Waals surface area (Å²) in [6.45, 7) is 6.88. The first-order valence-corrected chi connectivity index (χ1v) is 25.5. The maximum absolute atomic E-state index is 16.2. The van der Waals surface area contributed by atoms with E-state index in [4.69, 9.17) is 0 Å². The molecule has 0 nitrogen and oxygen atoms in total. The van der Waals surface area contributed by atoms with E-state index in [0.29, 0.717) is 0 Å². The van der Waals surface area contributed by atoms with Crippen molar-refractivity contribution in [1.82, 2.24) is 0 Å². The zero-order chi connectivity index (χ0) is 27.8. The van der Waals surface area contributed by atoms with Crippen molar-refractivity contribution in [2.24, 2.45) is 0 Å². The molecule has 0 spiro atoms. The first-order valence-electron chi connectivity index (χ1n) is 18.4. The summed E-state index contributed by atoms with van der Waals surface area (Å²) in [5.41, 5.74) is 0. The third kappa shape index (κ3) is 29.7. The molecule has 0 aromatic carbocycles. The van der Waals surface area contributed by atoms with Crippen molar-refractivity contribution in [3.05, 3.63) is 0 Å². The average Bonchev–Trinajstić information content (AvgIpc) is 2.92. The molecule has 0 radical (unpaired) electrons. The molecule has 0 heterocycles. The molecule has 0 aliphatic rings. The fourth-order valence-electron chi connectivity index (χ4n) is 6.16. The van der Waals surface area contributed by atoms with Crippen LogP contribution in [-0.2, 0) is 0 Å². The number of hydrogen-bond donors (Lipinski definition) is 0. The molecule has 0 aliphatic heterocycles. The van der Waals surface area contributed by atoms with Gasteiger partial charge in [-0.05, 0) is 0 Å². The van der Waals surface area contributed by atoms with E-state index in [2.05, 4.69) is 20.8 Å². The van der Waals surface area contributed by atoms with Gasteiger partial charge in [0.15, 0.2) is 0 Å². The van der Waals surface area contributed by atoms with E-state index < -0.39 is 18.9 Å². The molecule has 0 bridgehead atoms. The molecule has 0 unspecified atom stereocenters. The Labute approximate surface area is 247 Å². The third-order valence-electron chi connectivity index (χ3n) is 8.94. The number of halogens is 1. The van der Waals surface area contributed by atoms with E-state index in [0.717, 1.165) is 13.3 Å². The zero-order valence-corrected chi connectivity index (χ0v) is 30.1. The predicted molar refractivity (Wildman–Crippen MR) is 177 cm³/mol. The standard InChI is InChI=1S/3C12H25.FH.Sn/c3*1-3-5-7-9-11-12-10-8-6-4-2;;/h3*1,3-12H2,2H3;1H;/q;;;;+1/p-1. The Morgan fingerprint density at radius 1 is 0.263 bits per heavy atom. The second-order valence-electron chi connectivity index (χ2n) is 12.9. The molecule has 0 aromatic rings. The number of unbranched alkanes of at least 4 members (excludes halogenated alkanes) is 27. The Balaban J connectivity index is 4.06. The Hall–Kier alpha value is 0.729. The van der Waals surface area contributed by atoms with Crippen LogP contribution in [0.4, 0.5) is 2.87 Å². The molecule has 0 aliphatic carbocycles. The molecule has 0 rings (SSSR count). The molecule has 38 heavy (non-hydrogen) atoms. The minimum absolute atomic E-state index is 1.04. The Morgan fingerprint density at radius 3 is 0.605 bits per heavy atom. The summed E-state index contributed by atoms with van der Waals surface area (Å²) in [6.07, 6.45) is 41.0. The van der Waals surface area contributed by atoms with Crippen molar-refractivity contribution >= 4 is 18.9 Å². The SMILES string of the molecule is CCCCCCCCCCC[CH2][Sn]([F])([CH2]CCCCCCCCCCC)[CH2]CCCCCCCCCCC. The summed E-state index contributed by atoms with van der Waals surface area (Å²) in [5, 5.41) is 0. The van der Waals surface area contributed by atoms with E-state index in [1.54, 1.807) is 0 Å². The van der Waals surface area contributed by atoms with Gasteiger partial charge < -0.3 is 0 Å². The Kier molecular flexibility index (Phi) is 32.9. The fraction of sp³-hybridized carbons (Fsp3) is 1.00. The Morgan fingerprint density at radius 2 is 0.421 bits per heavy atom. The second kappa shape index (κ2) is 32.2. The zero-order valence-electron chi connectivity index (χ0n) is 27.2. The minimum atomic E-state index is -3.36. The fourth-order valence-corrected chi connectivity index (χ4v) is 15.9. The monoisotopic (exact) mass is 646 g/mol. The van der Waals surface area contributed by atoms with Crippen LogP contribution >= 0.6 is 0 Å². The molecule has 0 aromatic heterocycles. The third-order valence-corrected chi connectivity index (χ3v) is 19.6. The van der Waals surface area contributed by atoms with Gasteiger partial charge in [0, 0.05) is 0 Å². The van der Waals surface area contributed by atoms with Crippen LogP contribution in [0.1, 0.15) is 213 Å². The molecular weight excluding hydrogens is 570 g/mol. The quantitative estimate of drug-likeness (QED) is 0.0492. The van der Waals surface area contributed by atoms with E-state index in [1.807, 2.05) is 0 Å². The first kappa shape index (κ1) is 38.7. The van der Waals surface area contributed by atoms with E-state index >= 15 is 2.87 Å². The topological polar surface area (TPSA) is 0 Å². The summed E-state index contributed by atoms with van der Waals surface area (Å²) in [4.78, 5) is 0. The molecule has 0 atom stereocenters. The van der Waals surface area contributed by atoms with Crippen LogP contribution in [0.3, 0.4) is 0 Å². The normalized spacial score (nSPS) is 12.0. The molecular formula is C36H75FSn. The Bertz CT molecular complexity index is 364. The predicted octanol–water partition coefficient (Wildman–Crippen LogP) is 14.7. The first-order chi connectivity index (χ1) is 18.7. The van der Waals surface area contributed by atoms with Gasteiger partial charge in [0.1, 0.15) is 0 Å². The molecule has 0 fully saturated rings. The number of hydrogen-bond acceptors (Lipinski definition) is 0. The summed E-state index contributed by atoms with van der Waals surface area (Å²) < 4.78 is 19.4. The molecule has 0 N–H and O–H groups in total. The second-order valence-corrected chi connectivity index (χ2v) is 23.8. The molecule has 2 heteroatoms. The van der Waals surface area contributed by atoms with Gasteiger partial charge in [-0.15, -0.1) is 0 Å². The molecule has 0 saturated carbocycles. The van der Waals surface area contributed by atoms with Crippen LogP contribution in [-0.4, -0.2) is 18.9 Å². The van der Waals surface area contributed by atoms with Crippen LogP contribution < -0.4 is 0 Å². The van der Waals surface area contributed by atoms with Crippen molar-refractivity contribution in [1.29, 1.82) is 0 Å². The van der Waals surface area contributed by atoms with Crippen molar-refractivity contribution in [3.63, 3.8) is 0 Å². The van der Waals surface area contributed by atoms with E-state index in [-0.39, 0.29) is 0 Å². The van der Waals surface area contributed by atoms with Crippen LogP contribution in [0.5, 0.6) is 0 Å². The summed E-state index contributed by atoms with van der Waals surface area (Å²) in [7, 11) is 0. The van der Waals surface area contributed by atoms with Gasteiger partial charge in [-0.2, -0.15) is 0 Å². The van der Waals surface area contributed by atoms with Gasteiger partial charge >= 0.3 is 249 Å². The summed E-state index contributed by atoms with van der Waals surface area (Å²) in [6, 6.07) is 0. The van der Waals surface area contributed by atoms with Gasteiger partial charge in [-0.1, -0.05) is 0 Å². The average molecular weight is 646 g/mol. The van der Waals surface area contributed by atoms with E-state index in [1.165, 1.54) is 193 Å². The molecule has 0 amide bonds. The van der Waals surface area contributed by atoms with Crippen molar-refractivity contribution < 1.29 is 2.87 Å². The van der Waals surface area contributed by atoms with Gasteiger partial charge in [-0.25, -0.2) is 0 Å². The van der Waals surface area contributed by atoms with Crippen LogP contribution in [0, 0.1) is 0 Å². The van der Waals surface area contributed by atoms with Crippen molar-refractivity contribution in [2.45, 2.75) is 227 Å². The summed E-state index contributed by atoms with van der Waals surface area (Å²) in [5.74, 6) is 0. The van der Waals surface area contributed by atoms with Gasteiger partial charge in [0.05, 0.1) is 0 Å². The van der Waals surface area contributed by atoms with E-state index in [9.17, 15) is 0 Å². The van der Waals surface area contributed by atoms with Gasteiger partial charge in [0.25, 0.3) is 0 Å². The molecule has 0 saturated heterocycles. The van der Waals surface area contributed by atoms with Crippen LogP contribution in [0.15, 0.2) is 0 Å². The molecule has 230 valence electrons. The number of rotatable bonds is 33. The maximum atomic E-state index is 16.2. The van der Waals surface area contributed by atoms with Crippen LogP contribution in [0.25, 0.3) is 0 Å².